The predicted molar refractivity (Wildman–Crippen MR) is 37.5 cm³/mol. The van der Waals surface area contributed by atoms with E-state index < -0.39 is 0 Å². The lowest BCUT2D eigenvalue weighted by atomic mass is 10.1. The molecule has 1 rings (SSSR count). The van der Waals surface area contributed by atoms with Crippen LogP contribution in [-0.4, -0.2) is 26.3 Å². The highest BCUT2D eigenvalue weighted by Gasteiger charge is 2.08. The van der Waals surface area contributed by atoms with E-state index in [4.69, 9.17) is 4.74 Å². The Balaban J connectivity index is 2.18. The first-order chi connectivity index (χ1) is 4.43. The van der Waals surface area contributed by atoms with Crippen LogP contribution < -0.4 is 5.32 Å². The van der Waals surface area contributed by atoms with Gasteiger partial charge in [-0.1, -0.05) is 6.92 Å². The summed E-state index contributed by atoms with van der Waals surface area (Å²) in [6.07, 6.45) is 1.23. The third-order valence-corrected chi connectivity index (χ3v) is 1.79. The second-order valence-electron chi connectivity index (χ2n) is 2.55. The molecule has 0 aromatic rings. The Hall–Kier alpha value is -0.0800. The summed E-state index contributed by atoms with van der Waals surface area (Å²) in [7, 11) is 0. The normalized spacial score (nSPS) is 29.7. The largest absolute Gasteiger partial charge is 0.380 e. The van der Waals surface area contributed by atoms with Crippen molar-refractivity contribution < 1.29 is 4.74 Å². The molecule has 54 valence electrons. The number of ether oxygens (including phenoxy) is 1. The fourth-order valence-electron chi connectivity index (χ4n) is 1.02. The maximum atomic E-state index is 5.34. The van der Waals surface area contributed by atoms with Gasteiger partial charge in [0.25, 0.3) is 0 Å². The number of nitrogens with one attached hydrogen (secondary N) is 1. The summed E-state index contributed by atoms with van der Waals surface area (Å²) in [6.45, 7) is 6.20. The van der Waals surface area contributed by atoms with Gasteiger partial charge in [0.15, 0.2) is 0 Å². The van der Waals surface area contributed by atoms with Crippen molar-refractivity contribution in [3.05, 3.63) is 0 Å². The summed E-state index contributed by atoms with van der Waals surface area (Å²) in [6, 6.07) is 0. The zero-order valence-corrected chi connectivity index (χ0v) is 6.02. The van der Waals surface area contributed by atoms with Crippen molar-refractivity contribution in [2.75, 3.05) is 26.3 Å². The highest BCUT2D eigenvalue weighted by Crippen LogP contribution is 2.02. The van der Waals surface area contributed by atoms with Crippen molar-refractivity contribution in [3.8, 4) is 0 Å². The minimum atomic E-state index is 0.743. The van der Waals surface area contributed by atoms with Crippen molar-refractivity contribution in [2.24, 2.45) is 5.92 Å². The van der Waals surface area contributed by atoms with Gasteiger partial charge in [-0.2, -0.15) is 0 Å². The molecule has 0 aromatic carbocycles. The lowest BCUT2D eigenvalue weighted by Gasteiger charge is -2.08. The van der Waals surface area contributed by atoms with E-state index in [9.17, 15) is 0 Å². The molecule has 1 aliphatic heterocycles. The van der Waals surface area contributed by atoms with Crippen LogP contribution in [0.5, 0.6) is 0 Å². The summed E-state index contributed by atoms with van der Waals surface area (Å²) >= 11 is 0. The molecule has 0 bridgehead atoms. The summed E-state index contributed by atoms with van der Waals surface area (Å²) in [5.74, 6) is 0.743. The van der Waals surface area contributed by atoms with Gasteiger partial charge in [0.1, 0.15) is 0 Å². The van der Waals surface area contributed by atoms with E-state index in [-0.39, 0.29) is 0 Å². The SMILES string of the molecule is CCC1CNCCOC1. The van der Waals surface area contributed by atoms with Crippen LogP contribution in [0, 0.1) is 5.92 Å². The van der Waals surface area contributed by atoms with E-state index in [2.05, 4.69) is 12.2 Å². The molecule has 1 aliphatic rings. The van der Waals surface area contributed by atoms with Crippen molar-refractivity contribution in [1.29, 1.82) is 0 Å². The molecule has 0 spiro atoms. The highest BCUT2D eigenvalue weighted by atomic mass is 16.5. The Morgan fingerprint density at radius 2 is 2.56 bits per heavy atom. The minimum Gasteiger partial charge on any atom is -0.380 e. The van der Waals surface area contributed by atoms with Gasteiger partial charge < -0.3 is 10.1 Å². The number of hydrogen-bond acceptors (Lipinski definition) is 2. The molecule has 0 radical (unpaired) electrons. The van der Waals surface area contributed by atoms with Crippen LogP contribution in [0.1, 0.15) is 13.3 Å². The smallest absolute Gasteiger partial charge is 0.0591 e. The second-order valence-corrected chi connectivity index (χ2v) is 2.55. The molecule has 1 unspecified atom stereocenters. The number of hydrogen-bond donors (Lipinski definition) is 1. The summed E-state index contributed by atoms with van der Waals surface area (Å²) in [5.41, 5.74) is 0. The van der Waals surface area contributed by atoms with Crippen molar-refractivity contribution in [1.82, 2.24) is 5.32 Å². The van der Waals surface area contributed by atoms with E-state index in [1.165, 1.54) is 6.42 Å². The van der Waals surface area contributed by atoms with Crippen molar-refractivity contribution in [3.63, 3.8) is 0 Å². The first kappa shape index (κ1) is 7.03. The molecule has 1 fully saturated rings. The lowest BCUT2D eigenvalue weighted by molar-refractivity contribution is 0.122. The van der Waals surface area contributed by atoms with Gasteiger partial charge in [-0.3, -0.25) is 0 Å². The molecular weight excluding hydrogens is 114 g/mol. The van der Waals surface area contributed by atoms with Crippen molar-refractivity contribution >= 4 is 0 Å². The topological polar surface area (TPSA) is 21.3 Å². The molecule has 0 aromatic heterocycles. The van der Waals surface area contributed by atoms with Gasteiger partial charge in [-0.05, 0) is 12.3 Å². The number of rotatable bonds is 1. The maximum absolute atomic E-state index is 5.34. The molecule has 1 atom stereocenters. The van der Waals surface area contributed by atoms with E-state index in [1.54, 1.807) is 0 Å². The maximum Gasteiger partial charge on any atom is 0.0591 e. The molecule has 0 amide bonds. The Morgan fingerprint density at radius 3 is 3.33 bits per heavy atom. The summed E-state index contributed by atoms with van der Waals surface area (Å²) < 4.78 is 5.34. The van der Waals surface area contributed by atoms with Gasteiger partial charge in [0.05, 0.1) is 13.2 Å². The molecule has 2 heteroatoms. The first-order valence-electron chi connectivity index (χ1n) is 3.72. The van der Waals surface area contributed by atoms with Crippen molar-refractivity contribution in [2.45, 2.75) is 13.3 Å². The molecule has 1 N–H and O–H groups in total. The van der Waals surface area contributed by atoms with Crippen LogP contribution in [0.3, 0.4) is 0 Å². The van der Waals surface area contributed by atoms with Crippen LogP contribution in [-0.2, 0) is 4.74 Å². The van der Waals surface area contributed by atoms with Crippen LogP contribution in [0.2, 0.25) is 0 Å². The Morgan fingerprint density at radius 1 is 1.67 bits per heavy atom. The van der Waals surface area contributed by atoms with Gasteiger partial charge in [-0.15, -0.1) is 0 Å². The third kappa shape index (κ3) is 2.33. The molecule has 9 heavy (non-hydrogen) atoms. The van der Waals surface area contributed by atoms with E-state index in [0.29, 0.717) is 0 Å². The van der Waals surface area contributed by atoms with Gasteiger partial charge in [0, 0.05) is 13.1 Å². The quantitative estimate of drug-likeness (QED) is 0.560. The van der Waals surface area contributed by atoms with Crippen LogP contribution in [0.15, 0.2) is 0 Å². The Kier molecular flexibility index (Phi) is 3.01. The average Bonchev–Trinajstić information content (AvgIpc) is 2.13. The summed E-state index contributed by atoms with van der Waals surface area (Å²) in [4.78, 5) is 0. The molecule has 0 saturated carbocycles. The van der Waals surface area contributed by atoms with E-state index in [0.717, 1.165) is 32.2 Å². The molecule has 2 nitrogen and oxygen atoms in total. The zero-order valence-electron chi connectivity index (χ0n) is 6.02. The lowest BCUT2D eigenvalue weighted by Crippen LogP contribution is -2.22. The third-order valence-electron chi connectivity index (χ3n) is 1.79. The standard InChI is InChI=1S/C7H15NO/c1-2-7-5-8-3-4-9-6-7/h7-8H,2-6H2,1H3. The molecule has 1 heterocycles. The first-order valence-corrected chi connectivity index (χ1v) is 3.72. The molecule has 0 aliphatic carbocycles. The fraction of sp³-hybridized carbons (Fsp3) is 1.00. The Labute approximate surface area is 56.6 Å². The second kappa shape index (κ2) is 3.85. The Bertz CT molecular complexity index is 67.3. The van der Waals surface area contributed by atoms with E-state index >= 15 is 0 Å². The van der Waals surface area contributed by atoms with Gasteiger partial charge in [-0.25, -0.2) is 0 Å². The van der Waals surface area contributed by atoms with Gasteiger partial charge in [0.2, 0.25) is 0 Å². The van der Waals surface area contributed by atoms with Gasteiger partial charge >= 0.3 is 0 Å². The highest BCUT2D eigenvalue weighted by molar-refractivity contribution is 4.62. The monoisotopic (exact) mass is 129 g/mol. The zero-order chi connectivity index (χ0) is 6.53. The molecule has 1 saturated heterocycles. The van der Waals surface area contributed by atoms with Crippen LogP contribution >= 0.6 is 0 Å². The van der Waals surface area contributed by atoms with E-state index in [1.807, 2.05) is 0 Å². The summed E-state index contributed by atoms with van der Waals surface area (Å²) in [5, 5.41) is 3.32. The fourth-order valence-corrected chi connectivity index (χ4v) is 1.02. The van der Waals surface area contributed by atoms with Crippen LogP contribution in [0.25, 0.3) is 0 Å². The average molecular weight is 129 g/mol. The predicted octanol–water partition coefficient (Wildman–Crippen LogP) is 0.632. The van der Waals surface area contributed by atoms with Crippen LogP contribution in [0.4, 0.5) is 0 Å². The minimum absolute atomic E-state index is 0.743. The molecular formula is C7H15NO.